The number of anilines is 1. The molecule has 0 atom stereocenters. The van der Waals surface area contributed by atoms with Gasteiger partial charge in [-0.3, -0.25) is 0 Å². The van der Waals surface area contributed by atoms with Gasteiger partial charge in [-0.1, -0.05) is 30.3 Å². The van der Waals surface area contributed by atoms with Crippen molar-refractivity contribution in [3.05, 3.63) is 54.2 Å². The van der Waals surface area contributed by atoms with Gasteiger partial charge in [0.25, 0.3) is 10.0 Å². The molecular formula is C14H17N3O2S. The number of benzene rings is 1. The summed E-state index contributed by atoms with van der Waals surface area (Å²) in [5, 5.41) is 3.02. The summed E-state index contributed by atoms with van der Waals surface area (Å²) in [6.45, 7) is 2.78. The van der Waals surface area contributed by atoms with Gasteiger partial charge in [0.05, 0.1) is 5.69 Å². The van der Waals surface area contributed by atoms with Gasteiger partial charge in [0.15, 0.2) is 5.03 Å². The Morgan fingerprint density at radius 3 is 2.55 bits per heavy atom. The zero-order valence-electron chi connectivity index (χ0n) is 11.2. The molecule has 1 heterocycles. The number of rotatable bonds is 6. The minimum Gasteiger partial charge on any atom is -0.383 e. The van der Waals surface area contributed by atoms with Crippen LogP contribution in [0.15, 0.2) is 53.7 Å². The van der Waals surface area contributed by atoms with E-state index in [1.54, 1.807) is 12.1 Å². The van der Waals surface area contributed by atoms with E-state index in [0.717, 1.165) is 5.56 Å². The SMILES string of the molecule is CCNc1cccnc1S(=O)(=O)NCc1ccccc1. The molecule has 0 aliphatic rings. The first-order valence-electron chi connectivity index (χ1n) is 6.36. The Morgan fingerprint density at radius 2 is 1.85 bits per heavy atom. The molecule has 106 valence electrons. The highest BCUT2D eigenvalue weighted by atomic mass is 32.2. The molecule has 20 heavy (non-hydrogen) atoms. The molecule has 1 aromatic carbocycles. The highest BCUT2D eigenvalue weighted by Crippen LogP contribution is 2.17. The fourth-order valence-corrected chi connectivity index (χ4v) is 2.90. The Kier molecular flexibility index (Phi) is 4.70. The van der Waals surface area contributed by atoms with Crippen LogP contribution in [0.2, 0.25) is 0 Å². The van der Waals surface area contributed by atoms with Gasteiger partial charge in [-0.05, 0) is 24.6 Å². The Bertz CT molecular complexity index is 657. The first-order chi connectivity index (χ1) is 9.63. The summed E-state index contributed by atoms with van der Waals surface area (Å²) in [6, 6.07) is 12.8. The number of nitrogens with zero attached hydrogens (tertiary/aromatic N) is 1. The molecule has 0 spiro atoms. The Balaban J connectivity index is 2.18. The number of hydrogen-bond acceptors (Lipinski definition) is 4. The highest BCUT2D eigenvalue weighted by Gasteiger charge is 2.19. The van der Waals surface area contributed by atoms with Crippen LogP contribution in [0.3, 0.4) is 0 Å². The number of aromatic nitrogens is 1. The van der Waals surface area contributed by atoms with E-state index < -0.39 is 10.0 Å². The molecule has 2 aromatic rings. The van der Waals surface area contributed by atoms with Gasteiger partial charge < -0.3 is 5.32 Å². The maximum atomic E-state index is 12.3. The summed E-state index contributed by atoms with van der Waals surface area (Å²) >= 11 is 0. The zero-order valence-corrected chi connectivity index (χ0v) is 12.0. The predicted molar refractivity (Wildman–Crippen MR) is 78.9 cm³/mol. The van der Waals surface area contributed by atoms with Gasteiger partial charge in [-0.2, -0.15) is 0 Å². The van der Waals surface area contributed by atoms with Crippen LogP contribution >= 0.6 is 0 Å². The van der Waals surface area contributed by atoms with Crippen molar-refractivity contribution in [3.8, 4) is 0 Å². The summed E-state index contributed by atoms with van der Waals surface area (Å²) in [7, 11) is -3.63. The van der Waals surface area contributed by atoms with E-state index in [0.29, 0.717) is 12.2 Å². The predicted octanol–water partition coefficient (Wildman–Crippen LogP) is 1.99. The second kappa shape index (κ2) is 6.49. The maximum Gasteiger partial charge on any atom is 0.260 e. The Morgan fingerprint density at radius 1 is 1.10 bits per heavy atom. The summed E-state index contributed by atoms with van der Waals surface area (Å²) in [6.07, 6.45) is 1.47. The molecule has 1 aromatic heterocycles. The van der Waals surface area contributed by atoms with Crippen LogP contribution in [0, 0.1) is 0 Å². The van der Waals surface area contributed by atoms with Crippen LogP contribution in [0.25, 0.3) is 0 Å². The van der Waals surface area contributed by atoms with Gasteiger partial charge >= 0.3 is 0 Å². The number of pyridine rings is 1. The van der Waals surface area contributed by atoms with Crippen LogP contribution in [0.1, 0.15) is 12.5 Å². The van der Waals surface area contributed by atoms with Crippen molar-refractivity contribution in [3.63, 3.8) is 0 Å². The molecule has 2 rings (SSSR count). The average molecular weight is 291 g/mol. The molecule has 0 amide bonds. The molecule has 0 bridgehead atoms. The van der Waals surface area contributed by atoms with Crippen LogP contribution < -0.4 is 10.0 Å². The van der Waals surface area contributed by atoms with Crippen molar-refractivity contribution in [1.82, 2.24) is 9.71 Å². The minimum absolute atomic E-state index is 0.0257. The number of sulfonamides is 1. The van der Waals surface area contributed by atoms with Crippen molar-refractivity contribution < 1.29 is 8.42 Å². The van der Waals surface area contributed by atoms with E-state index >= 15 is 0 Å². The third kappa shape index (κ3) is 3.55. The van der Waals surface area contributed by atoms with Crippen molar-refractivity contribution in [2.24, 2.45) is 0 Å². The molecule has 0 aliphatic heterocycles. The third-order valence-corrected chi connectivity index (χ3v) is 4.06. The molecule has 0 fully saturated rings. The molecule has 0 saturated carbocycles. The van der Waals surface area contributed by atoms with Crippen LogP contribution in [-0.4, -0.2) is 19.9 Å². The normalized spacial score (nSPS) is 11.2. The quantitative estimate of drug-likeness (QED) is 0.854. The Labute approximate surface area is 119 Å². The molecule has 0 radical (unpaired) electrons. The van der Waals surface area contributed by atoms with E-state index in [1.807, 2.05) is 37.3 Å². The smallest absolute Gasteiger partial charge is 0.260 e. The fourth-order valence-electron chi connectivity index (χ4n) is 1.77. The third-order valence-electron chi connectivity index (χ3n) is 2.70. The average Bonchev–Trinajstić information content (AvgIpc) is 2.47. The molecule has 0 unspecified atom stereocenters. The highest BCUT2D eigenvalue weighted by molar-refractivity contribution is 7.89. The molecule has 6 heteroatoms. The fraction of sp³-hybridized carbons (Fsp3) is 0.214. The minimum atomic E-state index is -3.63. The number of hydrogen-bond donors (Lipinski definition) is 2. The lowest BCUT2D eigenvalue weighted by atomic mass is 10.2. The second-order valence-corrected chi connectivity index (χ2v) is 5.88. The lowest BCUT2D eigenvalue weighted by Gasteiger charge is -2.11. The standard InChI is InChI=1S/C14H17N3O2S/c1-2-15-13-9-6-10-16-14(13)20(18,19)17-11-12-7-4-3-5-8-12/h3-10,15,17H,2,11H2,1H3. The topological polar surface area (TPSA) is 71.1 Å². The summed E-state index contributed by atoms with van der Waals surface area (Å²) < 4.78 is 27.1. The molecule has 5 nitrogen and oxygen atoms in total. The lowest BCUT2D eigenvalue weighted by molar-refractivity contribution is 0.578. The first-order valence-corrected chi connectivity index (χ1v) is 7.84. The maximum absolute atomic E-state index is 12.3. The van der Waals surface area contributed by atoms with Crippen molar-refractivity contribution in [2.45, 2.75) is 18.5 Å². The van der Waals surface area contributed by atoms with E-state index in [4.69, 9.17) is 0 Å². The summed E-state index contributed by atoms with van der Waals surface area (Å²) in [5.74, 6) is 0. The monoisotopic (exact) mass is 291 g/mol. The van der Waals surface area contributed by atoms with E-state index in [9.17, 15) is 8.42 Å². The van der Waals surface area contributed by atoms with Crippen molar-refractivity contribution in [2.75, 3.05) is 11.9 Å². The van der Waals surface area contributed by atoms with Crippen LogP contribution in [-0.2, 0) is 16.6 Å². The summed E-state index contributed by atoms with van der Waals surface area (Å²) in [4.78, 5) is 3.97. The lowest BCUT2D eigenvalue weighted by Crippen LogP contribution is -2.25. The van der Waals surface area contributed by atoms with E-state index in [-0.39, 0.29) is 11.6 Å². The van der Waals surface area contributed by atoms with E-state index in [1.165, 1.54) is 6.20 Å². The van der Waals surface area contributed by atoms with Crippen molar-refractivity contribution in [1.29, 1.82) is 0 Å². The second-order valence-electron chi connectivity index (χ2n) is 4.20. The molecule has 0 saturated heterocycles. The number of nitrogens with one attached hydrogen (secondary N) is 2. The van der Waals surface area contributed by atoms with Gasteiger partial charge in [0, 0.05) is 19.3 Å². The Hall–Kier alpha value is -1.92. The first kappa shape index (κ1) is 14.5. The largest absolute Gasteiger partial charge is 0.383 e. The van der Waals surface area contributed by atoms with Crippen molar-refractivity contribution >= 4 is 15.7 Å². The van der Waals surface area contributed by atoms with Crippen LogP contribution in [0.5, 0.6) is 0 Å². The summed E-state index contributed by atoms with van der Waals surface area (Å²) in [5.41, 5.74) is 1.41. The molecular weight excluding hydrogens is 274 g/mol. The molecule has 2 N–H and O–H groups in total. The molecule has 0 aliphatic carbocycles. The van der Waals surface area contributed by atoms with Gasteiger partial charge in [-0.15, -0.1) is 0 Å². The zero-order chi connectivity index (χ0) is 14.4. The van der Waals surface area contributed by atoms with E-state index in [2.05, 4.69) is 15.0 Å². The van der Waals surface area contributed by atoms with Gasteiger partial charge in [0.2, 0.25) is 0 Å². The van der Waals surface area contributed by atoms with Gasteiger partial charge in [0.1, 0.15) is 0 Å². The van der Waals surface area contributed by atoms with Crippen LogP contribution in [0.4, 0.5) is 5.69 Å². The van der Waals surface area contributed by atoms with Gasteiger partial charge in [-0.25, -0.2) is 18.1 Å².